The van der Waals surface area contributed by atoms with Gasteiger partial charge in [0.25, 0.3) is 5.91 Å². The van der Waals surface area contributed by atoms with Crippen molar-refractivity contribution >= 4 is 5.91 Å². The first-order valence-corrected chi connectivity index (χ1v) is 8.62. The molecule has 2 heterocycles. The highest BCUT2D eigenvalue weighted by molar-refractivity contribution is 5.93. The molecular formula is C21H20N2O2. The Morgan fingerprint density at radius 2 is 1.88 bits per heavy atom. The van der Waals surface area contributed by atoms with E-state index in [9.17, 15) is 4.79 Å². The Hall–Kier alpha value is -2.88. The van der Waals surface area contributed by atoms with Crippen LogP contribution in [0.5, 0.6) is 0 Å². The molecule has 25 heavy (non-hydrogen) atoms. The lowest BCUT2D eigenvalue weighted by Gasteiger charge is -2.25. The normalized spacial score (nSPS) is 17.0. The zero-order valence-corrected chi connectivity index (χ0v) is 14.2. The van der Waals surface area contributed by atoms with Crippen molar-refractivity contribution < 1.29 is 9.32 Å². The van der Waals surface area contributed by atoms with Gasteiger partial charge in [0.2, 0.25) is 5.76 Å². The number of aromatic nitrogens is 1. The fraction of sp³-hybridized carbons (Fsp3) is 0.238. The second-order valence-electron chi connectivity index (χ2n) is 6.46. The first kappa shape index (κ1) is 15.6. The predicted molar refractivity (Wildman–Crippen MR) is 96.1 cm³/mol. The Balaban J connectivity index is 1.60. The van der Waals surface area contributed by atoms with Crippen LogP contribution in [0.15, 0.2) is 65.2 Å². The summed E-state index contributed by atoms with van der Waals surface area (Å²) in [7, 11) is 0. The predicted octanol–water partition coefficient (Wildman–Crippen LogP) is 4.63. The summed E-state index contributed by atoms with van der Waals surface area (Å²) in [6, 6.07) is 19.9. The lowest BCUT2D eigenvalue weighted by molar-refractivity contribution is 0.0693. The molecule has 1 atom stereocenters. The highest BCUT2D eigenvalue weighted by Crippen LogP contribution is 2.35. The van der Waals surface area contributed by atoms with Gasteiger partial charge >= 0.3 is 0 Å². The molecule has 1 fully saturated rings. The maximum atomic E-state index is 13.0. The fourth-order valence-corrected chi connectivity index (χ4v) is 3.56. The van der Waals surface area contributed by atoms with E-state index in [1.54, 1.807) is 6.07 Å². The molecule has 4 rings (SSSR count). The van der Waals surface area contributed by atoms with Crippen LogP contribution in [0.25, 0.3) is 11.3 Å². The maximum absolute atomic E-state index is 13.0. The molecule has 126 valence electrons. The summed E-state index contributed by atoms with van der Waals surface area (Å²) in [6.07, 6.45) is 1.99. The third-order valence-electron chi connectivity index (χ3n) is 4.85. The Kier molecular flexibility index (Phi) is 4.10. The number of likely N-dealkylation sites (tertiary alicyclic amines) is 1. The number of benzene rings is 2. The molecule has 4 nitrogen and oxygen atoms in total. The summed E-state index contributed by atoms with van der Waals surface area (Å²) in [4.78, 5) is 14.9. The van der Waals surface area contributed by atoms with Gasteiger partial charge in [0.1, 0.15) is 5.69 Å². The van der Waals surface area contributed by atoms with Crippen molar-refractivity contribution in [1.82, 2.24) is 10.1 Å². The molecule has 0 unspecified atom stereocenters. The van der Waals surface area contributed by atoms with Crippen molar-refractivity contribution in [3.63, 3.8) is 0 Å². The van der Waals surface area contributed by atoms with Gasteiger partial charge in [0.15, 0.2) is 0 Å². The van der Waals surface area contributed by atoms with Crippen molar-refractivity contribution in [1.29, 1.82) is 0 Å². The van der Waals surface area contributed by atoms with Crippen LogP contribution in [0.2, 0.25) is 0 Å². The van der Waals surface area contributed by atoms with Gasteiger partial charge in [0, 0.05) is 18.2 Å². The van der Waals surface area contributed by atoms with Crippen LogP contribution < -0.4 is 0 Å². The van der Waals surface area contributed by atoms with Crippen LogP contribution in [0.4, 0.5) is 0 Å². The van der Waals surface area contributed by atoms with E-state index in [0.717, 1.165) is 24.9 Å². The first-order chi connectivity index (χ1) is 12.2. The van der Waals surface area contributed by atoms with Crippen LogP contribution >= 0.6 is 0 Å². The van der Waals surface area contributed by atoms with Crippen LogP contribution in [0.3, 0.4) is 0 Å². The third-order valence-corrected chi connectivity index (χ3v) is 4.85. The van der Waals surface area contributed by atoms with E-state index in [0.29, 0.717) is 11.5 Å². The molecule has 3 aromatic rings. The molecule has 0 N–H and O–H groups in total. The first-order valence-electron chi connectivity index (χ1n) is 8.62. The Morgan fingerprint density at radius 3 is 2.68 bits per heavy atom. The average molecular weight is 332 g/mol. The summed E-state index contributed by atoms with van der Waals surface area (Å²) in [5.74, 6) is 0.222. The van der Waals surface area contributed by atoms with Crippen molar-refractivity contribution in [2.75, 3.05) is 6.54 Å². The number of rotatable bonds is 3. The smallest absolute Gasteiger partial charge is 0.292 e. The summed E-state index contributed by atoms with van der Waals surface area (Å²) >= 11 is 0. The van der Waals surface area contributed by atoms with Gasteiger partial charge in [-0.1, -0.05) is 59.8 Å². The Morgan fingerprint density at radius 1 is 1.12 bits per heavy atom. The topological polar surface area (TPSA) is 46.3 Å². The molecule has 1 aliphatic rings. The second-order valence-corrected chi connectivity index (χ2v) is 6.46. The third kappa shape index (κ3) is 2.95. The second kappa shape index (κ2) is 6.55. The van der Waals surface area contributed by atoms with E-state index in [-0.39, 0.29) is 11.9 Å². The quantitative estimate of drug-likeness (QED) is 0.702. The zero-order valence-electron chi connectivity index (χ0n) is 14.2. The van der Waals surface area contributed by atoms with Gasteiger partial charge in [-0.25, -0.2) is 0 Å². The molecule has 0 saturated carbocycles. The monoisotopic (exact) mass is 332 g/mol. The number of nitrogens with zero attached hydrogens (tertiary/aromatic N) is 2. The van der Waals surface area contributed by atoms with Gasteiger partial charge < -0.3 is 9.42 Å². The lowest BCUT2D eigenvalue weighted by atomic mass is 9.99. The van der Waals surface area contributed by atoms with Crippen LogP contribution in [-0.4, -0.2) is 22.5 Å². The molecule has 1 saturated heterocycles. The van der Waals surface area contributed by atoms with Gasteiger partial charge in [-0.15, -0.1) is 0 Å². The van der Waals surface area contributed by atoms with E-state index in [4.69, 9.17) is 4.52 Å². The van der Waals surface area contributed by atoms with E-state index in [2.05, 4.69) is 24.2 Å². The van der Waals surface area contributed by atoms with Crippen molar-refractivity contribution in [3.05, 3.63) is 77.6 Å². The summed E-state index contributed by atoms with van der Waals surface area (Å²) < 4.78 is 5.37. The largest absolute Gasteiger partial charge is 0.350 e. The molecule has 0 radical (unpaired) electrons. The van der Waals surface area contributed by atoms with Crippen LogP contribution in [0, 0.1) is 6.92 Å². The number of hydrogen-bond acceptors (Lipinski definition) is 3. The highest BCUT2D eigenvalue weighted by atomic mass is 16.5. The van der Waals surface area contributed by atoms with E-state index < -0.39 is 0 Å². The lowest BCUT2D eigenvalue weighted by Crippen LogP contribution is -2.30. The molecule has 1 amide bonds. The van der Waals surface area contributed by atoms with Gasteiger partial charge in [-0.2, -0.15) is 0 Å². The van der Waals surface area contributed by atoms with Crippen molar-refractivity contribution in [2.24, 2.45) is 0 Å². The standard InChI is InChI=1S/C21H20N2O2/c1-15-8-5-6-11-17(15)19-12-7-13-23(19)21(24)20-14-18(22-25-20)16-9-3-2-4-10-16/h2-6,8-11,14,19H,7,12-13H2,1H3/t19-/m0/s1. The SMILES string of the molecule is Cc1ccccc1[C@@H]1CCCN1C(=O)c1cc(-c2ccccc2)no1. The Labute approximate surface area is 147 Å². The Bertz CT molecular complexity index is 886. The van der Waals surface area contributed by atoms with Crippen molar-refractivity contribution in [3.8, 4) is 11.3 Å². The minimum absolute atomic E-state index is 0.0829. The summed E-state index contributed by atoms with van der Waals surface area (Å²) in [5, 5.41) is 4.07. The molecule has 2 aromatic carbocycles. The van der Waals surface area contributed by atoms with Crippen molar-refractivity contribution in [2.45, 2.75) is 25.8 Å². The van der Waals surface area contributed by atoms with Crippen LogP contribution in [0.1, 0.15) is 40.6 Å². The minimum Gasteiger partial charge on any atom is -0.350 e. The molecule has 1 aliphatic heterocycles. The maximum Gasteiger partial charge on any atom is 0.292 e. The molecule has 0 aliphatic carbocycles. The number of amides is 1. The number of carbonyl (C=O) groups excluding carboxylic acids is 1. The number of carbonyl (C=O) groups is 1. The molecule has 1 aromatic heterocycles. The molecule has 0 bridgehead atoms. The minimum atomic E-state index is -0.0829. The van der Waals surface area contributed by atoms with Gasteiger partial charge in [-0.05, 0) is 30.9 Å². The van der Waals surface area contributed by atoms with E-state index in [1.165, 1.54) is 11.1 Å². The van der Waals surface area contributed by atoms with E-state index in [1.807, 2.05) is 47.4 Å². The van der Waals surface area contributed by atoms with E-state index >= 15 is 0 Å². The average Bonchev–Trinajstić information content (AvgIpc) is 3.32. The molecule has 0 spiro atoms. The number of hydrogen-bond donors (Lipinski definition) is 0. The molecular weight excluding hydrogens is 312 g/mol. The molecule has 4 heteroatoms. The summed E-state index contributed by atoms with van der Waals surface area (Å²) in [5.41, 5.74) is 4.07. The number of aryl methyl sites for hydroxylation is 1. The fourth-order valence-electron chi connectivity index (χ4n) is 3.56. The zero-order chi connectivity index (χ0) is 17.2. The van der Waals surface area contributed by atoms with Crippen LogP contribution in [-0.2, 0) is 0 Å². The summed E-state index contributed by atoms with van der Waals surface area (Å²) in [6.45, 7) is 2.84. The van der Waals surface area contributed by atoms with Gasteiger partial charge in [0.05, 0.1) is 6.04 Å². The highest BCUT2D eigenvalue weighted by Gasteiger charge is 2.33. The van der Waals surface area contributed by atoms with Gasteiger partial charge in [-0.3, -0.25) is 4.79 Å².